The Morgan fingerprint density at radius 1 is 1.50 bits per heavy atom. The summed E-state index contributed by atoms with van der Waals surface area (Å²) in [4.78, 5) is 4.39. The molecule has 0 saturated heterocycles. The molecule has 1 heterocycles. The quantitative estimate of drug-likeness (QED) is 0.702. The molecule has 1 aliphatic carbocycles. The van der Waals surface area contributed by atoms with Gasteiger partial charge in [0.1, 0.15) is 0 Å². The zero-order valence-electron chi connectivity index (χ0n) is 8.74. The molecule has 1 aliphatic rings. The van der Waals surface area contributed by atoms with Crippen LogP contribution in [0.15, 0.2) is 24.4 Å². The third-order valence-corrected chi connectivity index (χ3v) is 2.91. The molecule has 1 aromatic heterocycles. The van der Waals surface area contributed by atoms with E-state index >= 15 is 0 Å². The van der Waals surface area contributed by atoms with Gasteiger partial charge in [0, 0.05) is 6.20 Å². The molecule has 0 unspecified atom stereocenters. The van der Waals surface area contributed by atoms with E-state index in [1.807, 2.05) is 6.20 Å². The molecule has 0 aliphatic heterocycles. The van der Waals surface area contributed by atoms with Gasteiger partial charge in [-0.1, -0.05) is 31.9 Å². The first kappa shape index (κ1) is 9.45. The van der Waals surface area contributed by atoms with Gasteiger partial charge in [-0.3, -0.25) is 4.98 Å². The van der Waals surface area contributed by atoms with Crippen LogP contribution in [-0.2, 0) is 0 Å². The molecule has 1 nitrogen and oxygen atoms in total. The minimum atomic E-state index is 0.712. The first-order valence-corrected chi connectivity index (χ1v) is 5.53. The highest BCUT2D eigenvalue weighted by atomic mass is 14.7. The Balaban J connectivity index is 2.18. The first-order valence-electron chi connectivity index (χ1n) is 5.53. The molecule has 14 heavy (non-hydrogen) atoms. The lowest BCUT2D eigenvalue weighted by Crippen LogP contribution is -2.05. The van der Waals surface area contributed by atoms with Crippen molar-refractivity contribution in [3.63, 3.8) is 0 Å². The molecule has 0 spiro atoms. The molecule has 74 valence electrons. The predicted molar refractivity (Wildman–Crippen MR) is 60.2 cm³/mol. The smallest absolute Gasteiger partial charge is 0.0661 e. The van der Waals surface area contributed by atoms with E-state index in [-0.39, 0.29) is 0 Å². The lowest BCUT2D eigenvalue weighted by molar-refractivity contribution is 0.584. The minimum Gasteiger partial charge on any atom is -0.257 e. The molecule has 0 aromatic carbocycles. The number of pyridine rings is 1. The summed E-state index contributed by atoms with van der Waals surface area (Å²) in [6.45, 7) is 2.25. The van der Waals surface area contributed by atoms with Crippen molar-refractivity contribution in [3.8, 4) is 0 Å². The summed E-state index contributed by atoms with van der Waals surface area (Å²) in [6.07, 6.45) is 11.4. The fourth-order valence-electron chi connectivity index (χ4n) is 2.11. The van der Waals surface area contributed by atoms with Crippen molar-refractivity contribution < 1.29 is 0 Å². The van der Waals surface area contributed by atoms with Crippen molar-refractivity contribution >= 4 is 6.08 Å². The number of fused-ring (bicyclic) bond motifs is 1. The number of hydrogen-bond donors (Lipinski definition) is 0. The normalized spacial score (nSPS) is 19.4. The number of hydrogen-bond acceptors (Lipinski definition) is 1. The SMILES string of the molecule is CCCC[C@@H]1CC=Cc2ncccc21. The summed E-state index contributed by atoms with van der Waals surface area (Å²) in [6, 6.07) is 4.28. The molecular formula is C13H17N. The maximum atomic E-state index is 4.39. The number of rotatable bonds is 3. The van der Waals surface area contributed by atoms with E-state index in [2.05, 4.69) is 36.2 Å². The molecule has 1 aromatic rings. The Morgan fingerprint density at radius 2 is 2.43 bits per heavy atom. The van der Waals surface area contributed by atoms with Crippen LogP contribution in [0.4, 0.5) is 0 Å². The van der Waals surface area contributed by atoms with E-state index in [0.29, 0.717) is 5.92 Å². The Bertz CT molecular complexity index is 328. The molecule has 0 radical (unpaired) electrons. The fraction of sp³-hybridized carbons (Fsp3) is 0.462. The van der Waals surface area contributed by atoms with Gasteiger partial charge in [-0.15, -0.1) is 0 Å². The van der Waals surface area contributed by atoms with Gasteiger partial charge in [0.15, 0.2) is 0 Å². The minimum absolute atomic E-state index is 0.712. The molecule has 0 bridgehead atoms. The van der Waals surface area contributed by atoms with Crippen molar-refractivity contribution in [1.82, 2.24) is 4.98 Å². The van der Waals surface area contributed by atoms with Gasteiger partial charge in [-0.2, -0.15) is 0 Å². The van der Waals surface area contributed by atoms with Crippen molar-refractivity contribution in [2.75, 3.05) is 0 Å². The first-order chi connectivity index (χ1) is 6.92. The Hall–Kier alpha value is -1.11. The lowest BCUT2D eigenvalue weighted by Gasteiger charge is -2.20. The summed E-state index contributed by atoms with van der Waals surface area (Å²) in [5.74, 6) is 0.712. The third kappa shape index (κ3) is 1.87. The van der Waals surface area contributed by atoms with Crippen LogP contribution in [0.2, 0.25) is 0 Å². The second kappa shape index (κ2) is 4.41. The van der Waals surface area contributed by atoms with Crippen LogP contribution in [0, 0.1) is 0 Å². The molecule has 1 heteroatoms. The number of allylic oxidation sites excluding steroid dienone is 1. The number of aromatic nitrogens is 1. The fourth-order valence-corrected chi connectivity index (χ4v) is 2.11. The summed E-state index contributed by atoms with van der Waals surface area (Å²) < 4.78 is 0. The van der Waals surface area contributed by atoms with Gasteiger partial charge in [0.25, 0.3) is 0 Å². The van der Waals surface area contributed by atoms with E-state index < -0.39 is 0 Å². The molecular weight excluding hydrogens is 170 g/mol. The van der Waals surface area contributed by atoms with Crippen LogP contribution < -0.4 is 0 Å². The molecule has 0 fully saturated rings. The monoisotopic (exact) mass is 187 g/mol. The van der Waals surface area contributed by atoms with Crippen molar-refractivity contribution in [1.29, 1.82) is 0 Å². The molecule has 1 atom stereocenters. The van der Waals surface area contributed by atoms with Gasteiger partial charge in [-0.25, -0.2) is 0 Å². The second-order valence-electron chi connectivity index (χ2n) is 3.96. The summed E-state index contributed by atoms with van der Waals surface area (Å²) >= 11 is 0. The van der Waals surface area contributed by atoms with Crippen molar-refractivity contribution in [2.45, 2.75) is 38.5 Å². The average Bonchev–Trinajstić information content (AvgIpc) is 2.26. The summed E-state index contributed by atoms with van der Waals surface area (Å²) in [5.41, 5.74) is 2.63. The highest BCUT2D eigenvalue weighted by Crippen LogP contribution is 2.31. The van der Waals surface area contributed by atoms with Crippen LogP contribution in [0.5, 0.6) is 0 Å². The van der Waals surface area contributed by atoms with Gasteiger partial charge in [0.2, 0.25) is 0 Å². The highest BCUT2D eigenvalue weighted by molar-refractivity contribution is 5.53. The molecule has 2 rings (SSSR count). The highest BCUT2D eigenvalue weighted by Gasteiger charge is 2.16. The number of unbranched alkanes of at least 4 members (excludes halogenated alkanes) is 1. The Labute approximate surface area is 85.9 Å². The standard InChI is InChI=1S/C13H17N/c1-2-3-6-11-7-4-9-13-12(11)8-5-10-14-13/h4-5,8-11H,2-3,6-7H2,1H3/t11-/m1/s1. The van der Waals surface area contributed by atoms with Gasteiger partial charge >= 0.3 is 0 Å². The number of nitrogens with zero attached hydrogens (tertiary/aromatic N) is 1. The Kier molecular flexibility index (Phi) is 2.97. The van der Waals surface area contributed by atoms with E-state index in [9.17, 15) is 0 Å². The summed E-state index contributed by atoms with van der Waals surface area (Å²) in [5, 5.41) is 0. The van der Waals surface area contributed by atoms with Crippen LogP contribution in [0.1, 0.15) is 49.8 Å². The van der Waals surface area contributed by atoms with Crippen LogP contribution >= 0.6 is 0 Å². The average molecular weight is 187 g/mol. The Morgan fingerprint density at radius 3 is 3.29 bits per heavy atom. The van der Waals surface area contributed by atoms with Crippen LogP contribution in [-0.4, -0.2) is 4.98 Å². The third-order valence-electron chi connectivity index (χ3n) is 2.91. The van der Waals surface area contributed by atoms with E-state index in [1.165, 1.54) is 36.9 Å². The van der Waals surface area contributed by atoms with Gasteiger partial charge < -0.3 is 0 Å². The van der Waals surface area contributed by atoms with E-state index in [1.54, 1.807) is 0 Å². The maximum Gasteiger partial charge on any atom is 0.0661 e. The second-order valence-corrected chi connectivity index (χ2v) is 3.96. The predicted octanol–water partition coefficient (Wildman–Crippen LogP) is 3.77. The molecule has 0 saturated carbocycles. The zero-order valence-corrected chi connectivity index (χ0v) is 8.74. The molecule has 0 amide bonds. The van der Waals surface area contributed by atoms with Crippen molar-refractivity contribution in [2.24, 2.45) is 0 Å². The van der Waals surface area contributed by atoms with Gasteiger partial charge in [-0.05, 0) is 36.5 Å². The lowest BCUT2D eigenvalue weighted by atomic mass is 9.86. The van der Waals surface area contributed by atoms with Crippen LogP contribution in [0.25, 0.3) is 6.08 Å². The molecule has 0 N–H and O–H groups in total. The van der Waals surface area contributed by atoms with Crippen LogP contribution in [0.3, 0.4) is 0 Å². The van der Waals surface area contributed by atoms with E-state index in [0.717, 1.165) is 0 Å². The topological polar surface area (TPSA) is 12.9 Å². The maximum absolute atomic E-state index is 4.39. The van der Waals surface area contributed by atoms with Gasteiger partial charge in [0.05, 0.1) is 5.69 Å². The summed E-state index contributed by atoms with van der Waals surface area (Å²) in [7, 11) is 0. The largest absolute Gasteiger partial charge is 0.257 e. The van der Waals surface area contributed by atoms with E-state index in [4.69, 9.17) is 0 Å². The van der Waals surface area contributed by atoms with Crippen molar-refractivity contribution in [3.05, 3.63) is 35.7 Å². The zero-order chi connectivity index (χ0) is 9.80.